The van der Waals surface area contributed by atoms with Gasteiger partial charge in [0.1, 0.15) is 5.82 Å². The molecule has 0 aliphatic rings. The van der Waals surface area contributed by atoms with E-state index in [4.69, 9.17) is 15.0 Å². The van der Waals surface area contributed by atoms with Gasteiger partial charge in [-0.1, -0.05) is 103 Å². The fourth-order valence-electron chi connectivity index (χ4n) is 6.24. The first-order valence-corrected chi connectivity index (χ1v) is 14.8. The SMILES string of the molecule is c1ccc(-c2cc(-n3c4ccccc4c4c5cccnc5c5sc6ccccc6c5c43)nc(-c3ccccc3)n2)cc1. The van der Waals surface area contributed by atoms with Crippen molar-refractivity contribution in [1.82, 2.24) is 19.5 Å². The third kappa shape index (κ3) is 3.38. The van der Waals surface area contributed by atoms with Crippen LogP contribution in [0.25, 0.3) is 81.3 Å². The van der Waals surface area contributed by atoms with Crippen molar-refractivity contribution in [2.75, 3.05) is 0 Å². The molecule has 5 aromatic carbocycles. The van der Waals surface area contributed by atoms with Gasteiger partial charge in [-0.15, -0.1) is 11.3 Å². The molecule has 5 heteroatoms. The molecule has 42 heavy (non-hydrogen) atoms. The zero-order chi connectivity index (χ0) is 27.6. The Bertz CT molecular complexity index is 2400. The van der Waals surface area contributed by atoms with E-state index < -0.39 is 0 Å². The molecule has 0 radical (unpaired) electrons. The van der Waals surface area contributed by atoms with E-state index >= 15 is 0 Å². The topological polar surface area (TPSA) is 43.6 Å². The summed E-state index contributed by atoms with van der Waals surface area (Å²) in [6.45, 7) is 0. The van der Waals surface area contributed by atoms with Gasteiger partial charge in [0, 0.05) is 55.0 Å². The fourth-order valence-corrected chi connectivity index (χ4v) is 7.46. The standard InChI is InChI=1S/C37H22N4S/c1-3-12-23(13-4-1)28-22-31(40-37(39-28)24-14-5-2-6-15-24)41-29-19-9-7-16-25(29)32-27-18-11-21-38-34(27)36-33(35(32)41)26-17-8-10-20-30(26)42-36/h1-22H. The number of hydrogen-bond acceptors (Lipinski definition) is 4. The Balaban J connectivity index is 1.51. The zero-order valence-corrected chi connectivity index (χ0v) is 23.2. The van der Waals surface area contributed by atoms with Gasteiger partial charge < -0.3 is 0 Å². The first-order chi connectivity index (χ1) is 20.8. The maximum Gasteiger partial charge on any atom is 0.162 e. The molecular weight excluding hydrogens is 533 g/mol. The van der Waals surface area contributed by atoms with Crippen LogP contribution in [0.5, 0.6) is 0 Å². The van der Waals surface area contributed by atoms with Crippen LogP contribution >= 0.6 is 11.3 Å². The molecule has 0 aliphatic heterocycles. The number of para-hydroxylation sites is 1. The molecule has 0 fully saturated rings. The maximum atomic E-state index is 5.26. The van der Waals surface area contributed by atoms with E-state index in [-0.39, 0.29) is 0 Å². The average molecular weight is 555 g/mol. The lowest BCUT2D eigenvalue weighted by Crippen LogP contribution is -2.02. The van der Waals surface area contributed by atoms with Gasteiger partial charge >= 0.3 is 0 Å². The van der Waals surface area contributed by atoms with Gasteiger partial charge in [-0.05, 0) is 18.2 Å². The number of pyridine rings is 1. The summed E-state index contributed by atoms with van der Waals surface area (Å²) in [4.78, 5) is 15.3. The highest BCUT2D eigenvalue weighted by Gasteiger charge is 2.23. The van der Waals surface area contributed by atoms with Gasteiger partial charge in [-0.25, -0.2) is 9.97 Å². The van der Waals surface area contributed by atoms with Crippen LogP contribution in [0.15, 0.2) is 134 Å². The summed E-state index contributed by atoms with van der Waals surface area (Å²) in [6.07, 6.45) is 1.90. The van der Waals surface area contributed by atoms with Gasteiger partial charge in [-0.3, -0.25) is 9.55 Å². The van der Waals surface area contributed by atoms with Crippen molar-refractivity contribution in [3.05, 3.63) is 134 Å². The summed E-state index contributed by atoms with van der Waals surface area (Å²) < 4.78 is 4.80. The van der Waals surface area contributed by atoms with E-state index in [9.17, 15) is 0 Å². The monoisotopic (exact) mass is 554 g/mol. The Morgan fingerprint density at radius 1 is 0.571 bits per heavy atom. The molecule has 196 valence electrons. The van der Waals surface area contributed by atoms with E-state index in [1.165, 1.54) is 30.9 Å². The molecule has 0 amide bonds. The summed E-state index contributed by atoms with van der Waals surface area (Å²) >= 11 is 1.81. The third-order valence-electron chi connectivity index (χ3n) is 8.04. The number of hydrogen-bond donors (Lipinski definition) is 0. The first kappa shape index (κ1) is 23.3. The number of aromatic nitrogens is 4. The predicted octanol–water partition coefficient (Wildman–Crippen LogP) is 9.82. The minimum Gasteiger partial charge on any atom is -0.293 e. The molecule has 4 heterocycles. The van der Waals surface area contributed by atoms with Crippen LogP contribution in [0.4, 0.5) is 0 Å². The van der Waals surface area contributed by atoms with E-state index in [0.717, 1.165) is 44.6 Å². The molecule has 0 unspecified atom stereocenters. The second-order valence-electron chi connectivity index (χ2n) is 10.4. The molecule has 9 rings (SSSR count). The van der Waals surface area contributed by atoms with Crippen molar-refractivity contribution in [3.63, 3.8) is 0 Å². The number of rotatable bonds is 3. The fraction of sp³-hybridized carbons (Fsp3) is 0. The minimum absolute atomic E-state index is 0.701. The first-order valence-electron chi connectivity index (χ1n) is 14.0. The molecule has 0 spiro atoms. The normalized spacial score (nSPS) is 11.8. The smallest absolute Gasteiger partial charge is 0.162 e. The Morgan fingerprint density at radius 2 is 1.26 bits per heavy atom. The second-order valence-corrected chi connectivity index (χ2v) is 11.5. The molecular formula is C37H22N4S. The quantitative estimate of drug-likeness (QED) is 0.218. The van der Waals surface area contributed by atoms with E-state index in [0.29, 0.717) is 5.82 Å². The number of thiophene rings is 1. The van der Waals surface area contributed by atoms with E-state index in [1.54, 1.807) is 0 Å². The van der Waals surface area contributed by atoms with Crippen LogP contribution in [0.3, 0.4) is 0 Å². The Hall–Kier alpha value is -5.39. The molecule has 0 atom stereocenters. The largest absolute Gasteiger partial charge is 0.293 e. The van der Waals surface area contributed by atoms with Crippen molar-refractivity contribution in [2.45, 2.75) is 0 Å². The molecule has 4 aromatic heterocycles. The summed E-state index contributed by atoms with van der Waals surface area (Å²) in [5.74, 6) is 1.54. The summed E-state index contributed by atoms with van der Waals surface area (Å²) in [6, 6.07) is 44.3. The second kappa shape index (κ2) is 9.06. The van der Waals surface area contributed by atoms with Gasteiger partial charge in [0.2, 0.25) is 0 Å². The molecule has 0 aliphatic carbocycles. The summed E-state index contributed by atoms with van der Waals surface area (Å²) in [5.41, 5.74) is 6.23. The van der Waals surface area contributed by atoms with Crippen molar-refractivity contribution in [2.24, 2.45) is 0 Å². The van der Waals surface area contributed by atoms with Gasteiger partial charge in [0.05, 0.1) is 26.9 Å². The van der Waals surface area contributed by atoms with Crippen molar-refractivity contribution < 1.29 is 0 Å². The maximum absolute atomic E-state index is 5.26. The highest BCUT2D eigenvalue weighted by molar-refractivity contribution is 7.26. The van der Waals surface area contributed by atoms with E-state index in [1.807, 2.05) is 47.9 Å². The lowest BCUT2D eigenvalue weighted by Gasteiger charge is -2.13. The number of benzene rings is 5. The van der Waals surface area contributed by atoms with Crippen LogP contribution in [-0.4, -0.2) is 19.5 Å². The number of fused-ring (bicyclic) bond motifs is 10. The van der Waals surface area contributed by atoms with Crippen LogP contribution in [0, 0.1) is 0 Å². The Kier molecular flexibility index (Phi) is 5.03. The minimum atomic E-state index is 0.701. The summed E-state index contributed by atoms with van der Waals surface area (Å²) in [7, 11) is 0. The Labute approximate surface area is 245 Å². The molecule has 0 saturated heterocycles. The highest BCUT2D eigenvalue weighted by atomic mass is 32.1. The van der Waals surface area contributed by atoms with Crippen molar-refractivity contribution >= 4 is 64.2 Å². The Morgan fingerprint density at radius 3 is 2.10 bits per heavy atom. The van der Waals surface area contributed by atoms with Crippen LogP contribution in [0.2, 0.25) is 0 Å². The third-order valence-corrected chi connectivity index (χ3v) is 9.22. The van der Waals surface area contributed by atoms with Crippen LogP contribution in [-0.2, 0) is 0 Å². The van der Waals surface area contributed by atoms with Gasteiger partial charge in [-0.2, -0.15) is 0 Å². The van der Waals surface area contributed by atoms with Crippen LogP contribution < -0.4 is 0 Å². The lowest BCUT2D eigenvalue weighted by atomic mass is 10.0. The average Bonchev–Trinajstić information content (AvgIpc) is 3.62. The predicted molar refractivity (Wildman–Crippen MR) is 175 cm³/mol. The lowest BCUT2D eigenvalue weighted by molar-refractivity contribution is 1.05. The molecule has 0 N–H and O–H groups in total. The van der Waals surface area contributed by atoms with E-state index in [2.05, 4.69) is 102 Å². The van der Waals surface area contributed by atoms with Gasteiger partial charge in [0.25, 0.3) is 0 Å². The van der Waals surface area contributed by atoms with Gasteiger partial charge in [0.15, 0.2) is 5.82 Å². The van der Waals surface area contributed by atoms with Crippen molar-refractivity contribution in [1.29, 1.82) is 0 Å². The molecule has 9 aromatic rings. The molecule has 0 saturated carbocycles. The summed E-state index contributed by atoms with van der Waals surface area (Å²) in [5, 5.41) is 5.99. The van der Waals surface area contributed by atoms with Crippen molar-refractivity contribution in [3.8, 4) is 28.5 Å². The zero-order valence-electron chi connectivity index (χ0n) is 22.4. The molecule has 4 nitrogen and oxygen atoms in total. The number of nitrogens with zero attached hydrogens (tertiary/aromatic N) is 4. The highest BCUT2D eigenvalue weighted by Crippen LogP contribution is 2.47. The van der Waals surface area contributed by atoms with Crippen LogP contribution in [0.1, 0.15) is 0 Å². The molecule has 0 bridgehead atoms.